The van der Waals surface area contributed by atoms with E-state index >= 15 is 0 Å². The molecule has 0 atom stereocenters. The maximum atomic E-state index is 12.2. The first-order valence-electron chi connectivity index (χ1n) is 8.13. The minimum absolute atomic E-state index is 0.0302. The number of carbonyl (C=O) groups excluding carboxylic acids is 1. The van der Waals surface area contributed by atoms with Gasteiger partial charge in [0.05, 0.1) is 41.0 Å². The number of amides is 1. The Labute approximate surface area is 165 Å². The molecule has 10 heteroatoms. The Morgan fingerprint density at radius 3 is 2.79 bits per heavy atom. The normalized spacial score (nSPS) is 10.4. The Balaban J connectivity index is 1.63. The first-order chi connectivity index (χ1) is 13.5. The van der Waals surface area contributed by atoms with Gasteiger partial charge in [-0.15, -0.1) is 0 Å². The molecule has 0 saturated carbocycles. The van der Waals surface area contributed by atoms with Crippen molar-refractivity contribution in [2.24, 2.45) is 0 Å². The van der Waals surface area contributed by atoms with Crippen LogP contribution in [0.15, 0.2) is 54.9 Å². The summed E-state index contributed by atoms with van der Waals surface area (Å²) in [6, 6.07) is 11.0. The Hall–Kier alpha value is -3.59. The number of nitro groups is 1. The number of hydrogen-bond donors (Lipinski definition) is 2. The molecule has 3 rings (SSSR count). The number of rotatable bonds is 7. The van der Waals surface area contributed by atoms with Crippen LogP contribution < -0.4 is 15.4 Å². The van der Waals surface area contributed by atoms with Gasteiger partial charge in [-0.05, 0) is 30.3 Å². The largest absolute Gasteiger partial charge is 0.494 e. The SMILES string of the molecule is COc1cc([N+](=O)[O-])ccc1NC(=O)CNc1ccc(-n2cccn2)c(Cl)c1. The molecule has 0 radical (unpaired) electrons. The topological polar surface area (TPSA) is 111 Å². The molecule has 1 aromatic heterocycles. The van der Waals surface area contributed by atoms with E-state index in [0.29, 0.717) is 16.4 Å². The third kappa shape index (κ3) is 4.38. The Bertz CT molecular complexity index is 1010. The molecule has 0 bridgehead atoms. The van der Waals surface area contributed by atoms with Crippen molar-refractivity contribution in [2.45, 2.75) is 0 Å². The first-order valence-corrected chi connectivity index (χ1v) is 8.51. The van der Waals surface area contributed by atoms with E-state index in [-0.39, 0.29) is 23.9 Å². The minimum Gasteiger partial charge on any atom is -0.494 e. The molecule has 28 heavy (non-hydrogen) atoms. The second kappa shape index (κ2) is 8.40. The number of ether oxygens (including phenoxy) is 1. The third-order valence-electron chi connectivity index (χ3n) is 3.82. The summed E-state index contributed by atoms with van der Waals surface area (Å²) in [6.07, 6.45) is 3.43. The number of hydrogen-bond acceptors (Lipinski definition) is 6. The van der Waals surface area contributed by atoms with Crippen molar-refractivity contribution in [2.75, 3.05) is 24.3 Å². The highest BCUT2D eigenvalue weighted by Gasteiger charge is 2.13. The maximum absolute atomic E-state index is 12.2. The third-order valence-corrected chi connectivity index (χ3v) is 4.12. The second-order valence-corrected chi connectivity index (χ2v) is 6.07. The molecule has 3 aromatic rings. The van der Waals surface area contributed by atoms with E-state index in [1.807, 2.05) is 0 Å². The Morgan fingerprint density at radius 1 is 1.32 bits per heavy atom. The van der Waals surface area contributed by atoms with Gasteiger partial charge >= 0.3 is 0 Å². The average molecular weight is 402 g/mol. The molecule has 0 aliphatic carbocycles. The van der Waals surface area contributed by atoms with Crippen LogP contribution in [-0.4, -0.2) is 34.3 Å². The van der Waals surface area contributed by atoms with Crippen molar-refractivity contribution in [3.8, 4) is 11.4 Å². The highest BCUT2D eigenvalue weighted by molar-refractivity contribution is 6.32. The molecule has 0 unspecified atom stereocenters. The van der Waals surface area contributed by atoms with Gasteiger partial charge in [-0.3, -0.25) is 14.9 Å². The van der Waals surface area contributed by atoms with Gasteiger partial charge in [0.2, 0.25) is 5.91 Å². The van der Waals surface area contributed by atoms with Crippen LogP contribution in [0.25, 0.3) is 5.69 Å². The molecular weight excluding hydrogens is 386 g/mol. The standard InChI is InChI=1S/C18H16ClN5O4/c1-28-17-10-13(24(26)27)4-5-15(17)22-18(25)11-20-12-3-6-16(14(19)9-12)23-8-2-7-21-23/h2-10,20H,11H2,1H3,(H,22,25). The fourth-order valence-corrected chi connectivity index (χ4v) is 2.75. The molecule has 9 nitrogen and oxygen atoms in total. The summed E-state index contributed by atoms with van der Waals surface area (Å²) in [5.41, 5.74) is 1.59. The van der Waals surface area contributed by atoms with Gasteiger partial charge in [0.1, 0.15) is 5.75 Å². The van der Waals surface area contributed by atoms with E-state index in [0.717, 1.165) is 5.69 Å². The smallest absolute Gasteiger partial charge is 0.273 e. The summed E-state index contributed by atoms with van der Waals surface area (Å²) in [4.78, 5) is 22.5. The van der Waals surface area contributed by atoms with Crippen LogP contribution in [0.2, 0.25) is 5.02 Å². The molecule has 2 aromatic carbocycles. The highest BCUT2D eigenvalue weighted by atomic mass is 35.5. The minimum atomic E-state index is -0.535. The van der Waals surface area contributed by atoms with Crippen molar-refractivity contribution < 1.29 is 14.5 Å². The zero-order chi connectivity index (χ0) is 20.1. The zero-order valence-electron chi connectivity index (χ0n) is 14.8. The molecule has 0 saturated heterocycles. The van der Waals surface area contributed by atoms with Gasteiger partial charge in [0.25, 0.3) is 5.69 Å². The molecule has 0 aliphatic heterocycles. The van der Waals surface area contributed by atoms with E-state index < -0.39 is 4.92 Å². The molecule has 2 N–H and O–H groups in total. The predicted molar refractivity (Wildman–Crippen MR) is 105 cm³/mol. The maximum Gasteiger partial charge on any atom is 0.273 e. The van der Waals surface area contributed by atoms with E-state index in [1.54, 1.807) is 41.3 Å². The van der Waals surface area contributed by atoms with Gasteiger partial charge in [-0.25, -0.2) is 4.68 Å². The lowest BCUT2D eigenvalue weighted by atomic mass is 10.2. The summed E-state index contributed by atoms with van der Waals surface area (Å²) in [7, 11) is 1.37. The second-order valence-electron chi connectivity index (χ2n) is 5.66. The van der Waals surface area contributed by atoms with Crippen molar-refractivity contribution in [1.82, 2.24) is 9.78 Å². The Kier molecular flexibility index (Phi) is 5.75. The number of benzene rings is 2. The van der Waals surface area contributed by atoms with E-state index in [1.165, 1.54) is 25.3 Å². The van der Waals surface area contributed by atoms with Crippen LogP contribution in [-0.2, 0) is 4.79 Å². The fourth-order valence-electron chi connectivity index (χ4n) is 2.49. The van der Waals surface area contributed by atoms with Crippen LogP contribution in [0.3, 0.4) is 0 Å². The van der Waals surface area contributed by atoms with Gasteiger partial charge in [-0.1, -0.05) is 11.6 Å². The molecular formula is C18H16ClN5O4. The summed E-state index contributed by atoms with van der Waals surface area (Å²) in [6.45, 7) is -0.0302. The van der Waals surface area contributed by atoms with Gasteiger partial charge in [-0.2, -0.15) is 5.10 Å². The number of aromatic nitrogens is 2. The number of non-ortho nitro benzene ring substituents is 1. The van der Waals surface area contributed by atoms with Gasteiger partial charge < -0.3 is 15.4 Å². The number of methoxy groups -OCH3 is 1. The highest BCUT2D eigenvalue weighted by Crippen LogP contribution is 2.29. The van der Waals surface area contributed by atoms with Crippen molar-refractivity contribution in [3.05, 3.63) is 70.0 Å². The monoisotopic (exact) mass is 401 g/mol. The number of carbonyl (C=O) groups is 1. The number of nitro benzene ring substituents is 1. The first kappa shape index (κ1) is 19.2. The molecule has 0 spiro atoms. The van der Waals surface area contributed by atoms with Crippen molar-refractivity contribution in [3.63, 3.8) is 0 Å². The summed E-state index contributed by atoms with van der Waals surface area (Å²) >= 11 is 6.27. The van der Waals surface area contributed by atoms with Crippen molar-refractivity contribution >= 4 is 34.6 Å². The molecule has 144 valence electrons. The predicted octanol–water partition coefficient (Wildman–Crippen LogP) is 3.49. The molecule has 0 aliphatic rings. The van der Waals surface area contributed by atoms with Crippen LogP contribution in [0.4, 0.5) is 17.1 Å². The lowest BCUT2D eigenvalue weighted by Gasteiger charge is -2.12. The van der Waals surface area contributed by atoms with Crippen LogP contribution >= 0.6 is 11.6 Å². The van der Waals surface area contributed by atoms with E-state index in [9.17, 15) is 14.9 Å². The summed E-state index contributed by atoms with van der Waals surface area (Å²) in [5.74, 6) is -0.145. The lowest BCUT2D eigenvalue weighted by Crippen LogP contribution is -2.22. The molecule has 1 heterocycles. The fraction of sp³-hybridized carbons (Fsp3) is 0.111. The zero-order valence-corrected chi connectivity index (χ0v) is 15.5. The summed E-state index contributed by atoms with van der Waals surface area (Å²) < 4.78 is 6.74. The van der Waals surface area contributed by atoms with E-state index in [4.69, 9.17) is 16.3 Å². The van der Waals surface area contributed by atoms with Gasteiger partial charge in [0.15, 0.2) is 0 Å². The lowest BCUT2D eigenvalue weighted by molar-refractivity contribution is -0.384. The number of nitrogens with zero attached hydrogens (tertiary/aromatic N) is 3. The van der Waals surface area contributed by atoms with Crippen LogP contribution in [0.5, 0.6) is 5.75 Å². The van der Waals surface area contributed by atoms with Gasteiger partial charge in [0, 0.05) is 24.1 Å². The van der Waals surface area contributed by atoms with Crippen LogP contribution in [0.1, 0.15) is 0 Å². The number of nitrogens with one attached hydrogen (secondary N) is 2. The average Bonchev–Trinajstić information content (AvgIpc) is 3.21. The number of halogens is 1. The van der Waals surface area contributed by atoms with Crippen LogP contribution in [0, 0.1) is 10.1 Å². The summed E-state index contributed by atoms with van der Waals surface area (Å²) in [5, 5.41) is 21.0. The quantitative estimate of drug-likeness (QED) is 0.463. The van der Waals surface area contributed by atoms with Crippen molar-refractivity contribution in [1.29, 1.82) is 0 Å². The van der Waals surface area contributed by atoms with E-state index in [2.05, 4.69) is 15.7 Å². The number of anilines is 2. The molecule has 0 fully saturated rings. The Morgan fingerprint density at radius 2 is 2.14 bits per heavy atom. The molecule has 1 amide bonds.